The second-order valence-corrected chi connectivity index (χ2v) is 7.05. The fourth-order valence-corrected chi connectivity index (χ4v) is 2.94. The molecule has 0 atom stereocenters. The molecule has 2 amide bonds. The molecule has 3 rings (SSSR count). The van der Waals surface area contributed by atoms with E-state index in [1.807, 2.05) is 30.3 Å². The van der Waals surface area contributed by atoms with Crippen LogP contribution in [0.25, 0.3) is 0 Å². The first-order chi connectivity index (χ1) is 14.5. The molecule has 0 aliphatic heterocycles. The minimum Gasteiger partial charge on any atom is -0.376 e. The minimum atomic E-state index is -0.515. The molecule has 3 aromatic rings. The van der Waals surface area contributed by atoms with Crippen LogP contribution in [0.2, 0.25) is 5.02 Å². The molecule has 0 bridgehead atoms. The smallest absolute Gasteiger partial charge is 0.243 e. The van der Waals surface area contributed by atoms with Crippen LogP contribution in [0.5, 0.6) is 0 Å². The molecule has 0 unspecified atom stereocenters. The van der Waals surface area contributed by atoms with Gasteiger partial charge in [-0.05, 0) is 54.4 Å². The average Bonchev–Trinajstić information content (AvgIpc) is 2.75. The molecule has 0 saturated heterocycles. The lowest BCUT2D eigenvalue weighted by atomic mass is 10.1. The number of carbonyl (C=O) groups excluding carboxylic acids is 2. The van der Waals surface area contributed by atoms with E-state index in [-0.39, 0.29) is 23.4 Å². The Balaban J connectivity index is 1.43. The molecule has 0 fully saturated rings. The Hall–Kier alpha value is -3.38. The lowest BCUT2D eigenvalue weighted by molar-refractivity contribution is -0.116. The number of aryl methyl sites for hydroxylation is 1. The van der Waals surface area contributed by atoms with Gasteiger partial charge in [-0.25, -0.2) is 4.39 Å². The van der Waals surface area contributed by atoms with E-state index >= 15 is 0 Å². The fraction of sp³-hybridized carbons (Fsp3) is 0.130. The van der Waals surface area contributed by atoms with E-state index in [0.717, 1.165) is 5.56 Å². The second kappa shape index (κ2) is 10.4. The molecular weight excluding hydrogens is 405 g/mol. The molecule has 0 aliphatic rings. The third kappa shape index (κ3) is 6.60. The zero-order valence-corrected chi connectivity index (χ0v) is 16.9. The van der Waals surface area contributed by atoms with Crippen LogP contribution in [-0.4, -0.2) is 18.4 Å². The van der Waals surface area contributed by atoms with Crippen molar-refractivity contribution in [2.75, 3.05) is 22.5 Å². The normalized spacial score (nSPS) is 10.3. The minimum absolute atomic E-state index is 0.0000649. The van der Waals surface area contributed by atoms with Gasteiger partial charge in [0.2, 0.25) is 11.8 Å². The van der Waals surface area contributed by atoms with Gasteiger partial charge in [0.05, 0.1) is 11.6 Å². The van der Waals surface area contributed by atoms with E-state index in [9.17, 15) is 14.0 Å². The van der Waals surface area contributed by atoms with Crippen LogP contribution in [-0.2, 0) is 16.0 Å². The molecule has 3 aromatic carbocycles. The van der Waals surface area contributed by atoms with E-state index in [1.165, 1.54) is 18.2 Å². The summed E-state index contributed by atoms with van der Waals surface area (Å²) in [6.45, 7) is -0.0000649. The first-order valence-corrected chi connectivity index (χ1v) is 9.80. The summed E-state index contributed by atoms with van der Waals surface area (Å²) in [7, 11) is 0. The predicted molar refractivity (Wildman–Crippen MR) is 118 cm³/mol. The topological polar surface area (TPSA) is 70.2 Å². The molecule has 7 heteroatoms. The van der Waals surface area contributed by atoms with Crippen LogP contribution in [0.1, 0.15) is 12.0 Å². The largest absolute Gasteiger partial charge is 0.376 e. The third-order valence-electron chi connectivity index (χ3n) is 4.31. The van der Waals surface area contributed by atoms with Gasteiger partial charge >= 0.3 is 0 Å². The van der Waals surface area contributed by atoms with Crippen LogP contribution in [0.4, 0.5) is 21.5 Å². The van der Waals surface area contributed by atoms with E-state index in [0.29, 0.717) is 29.9 Å². The number of rotatable bonds is 8. The highest BCUT2D eigenvalue weighted by atomic mass is 35.5. The Kier molecular flexibility index (Phi) is 7.40. The maximum atomic E-state index is 13.2. The number of amides is 2. The fourth-order valence-electron chi connectivity index (χ4n) is 2.76. The molecule has 0 saturated carbocycles. The van der Waals surface area contributed by atoms with E-state index in [2.05, 4.69) is 16.0 Å². The monoisotopic (exact) mass is 425 g/mol. The molecule has 0 aromatic heterocycles. The maximum Gasteiger partial charge on any atom is 0.243 e. The molecule has 30 heavy (non-hydrogen) atoms. The van der Waals surface area contributed by atoms with Gasteiger partial charge in [-0.1, -0.05) is 41.9 Å². The maximum absolute atomic E-state index is 13.2. The zero-order chi connectivity index (χ0) is 21.3. The number of benzene rings is 3. The molecule has 0 radical (unpaired) electrons. The summed E-state index contributed by atoms with van der Waals surface area (Å²) in [4.78, 5) is 24.2. The molecule has 0 spiro atoms. The standard InChI is InChI=1S/C23H21ClFN3O2/c24-20-14-19(11-12-21(20)25)26-15-23(30)28-18-9-7-17(8-10-18)27-22(29)13-6-16-4-2-1-3-5-16/h1-5,7-12,14,26H,6,13,15H2,(H,27,29)(H,28,30). The Labute approximate surface area is 179 Å². The van der Waals surface area contributed by atoms with E-state index < -0.39 is 5.82 Å². The van der Waals surface area contributed by atoms with Gasteiger partial charge in [0.15, 0.2) is 0 Å². The van der Waals surface area contributed by atoms with Crippen molar-refractivity contribution in [2.24, 2.45) is 0 Å². The van der Waals surface area contributed by atoms with Gasteiger partial charge in [0.25, 0.3) is 0 Å². The van der Waals surface area contributed by atoms with Crippen molar-refractivity contribution in [1.29, 1.82) is 0 Å². The molecule has 0 aliphatic carbocycles. The van der Waals surface area contributed by atoms with Gasteiger partial charge in [-0.15, -0.1) is 0 Å². The van der Waals surface area contributed by atoms with Gasteiger partial charge < -0.3 is 16.0 Å². The number of hydrogen-bond acceptors (Lipinski definition) is 3. The highest BCUT2D eigenvalue weighted by Crippen LogP contribution is 2.19. The summed E-state index contributed by atoms with van der Waals surface area (Å²) < 4.78 is 13.2. The summed E-state index contributed by atoms with van der Waals surface area (Å²) in [5.74, 6) is -0.855. The van der Waals surface area contributed by atoms with Crippen LogP contribution in [0, 0.1) is 5.82 Å². The number of hydrogen-bond donors (Lipinski definition) is 3. The lowest BCUT2D eigenvalue weighted by Crippen LogP contribution is -2.21. The van der Waals surface area contributed by atoms with Crippen molar-refractivity contribution in [2.45, 2.75) is 12.8 Å². The first-order valence-electron chi connectivity index (χ1n) is 9.42. The number of anilines is 3. The van der Waals surface area contributed by atoms with Gasteiger partial charge in [0.1, 0.15) is 5.82 Å². The Bertz CT molecular complexity index is 1010. The average molecular weight is 426 g/mol. The number of nitrogens with one attached hydrogen (secondary N) is 3. The van der Waals surface area contributed by atoms with Crippen molar-refractivity contribution >= 4 is 40.5 Å². The highest BCUT2D eigenvalue weighted by Gasteiger charge is 2.06. The summed E-state index contributed by atoms with van der Waals surface area (Å²) in [6, 6.07) is 20.8. The summed E-state index contributed by atoms with van der Waals surface area (Å²) >= 11 is 5.72. The summed E-state index contributed by atoms with van der Waals surface area (Å²) in [5, 5.41) is 8.45. The van der Waals surface area contributed by atoms with Crippen molar-refractivity contribution in [3.63, 3.8) is 0 Å². The Morgan fingerprint density at radius 2 is 1.40 bits per heavy atom. The second-order valence-electron chi connectivity index (χ2n) is 6.64. The van der Waals surface area contributed by atoms with Crippen LogP contribution in [0.15, 0.2) is 72.8 Å². The number of carbonyl (C=O) groups is 2. The van der Waals surface area contributed by atoms with Crippen molar-refractivity contribution in [1.82, 2.24) is 0 Å². The van der Waals surface area contributed by atoms with Crippen molar-refractivity contribution < 1.29 is 14.0 Å². The number of halogens is 2. The summed E-state index contributed by atoms with van der Waals surface area (Å²) in [6.07, 6.45) is 1.06. The molecule has 0 heterocycles. The van der Waals surface area contributed by atoms with Gasteiger partial charge in [0, 0.05) is 23.5 Å². The predicted octanol–water partition coefficient (Wildman–Crippen LogP) is 5.10. The SMILES string of the molecule is O=C(CCc1ccccc1)Nc1ccc(NC(=O)CNc2ccc(F)c(Cl)c2)cc1. The zero-order valence-electron chi connectivity index (χ0n) is 16.1. The lowest BCUT2D eigenvalue weighted by Gasteiger charge is -2.10. The molecule has 3 N–H and O–H groups in total. The van der Waals surface area contributed by atoms with Crippen LogP contribution in [0.3, 0.4) is 0 Å². The highest BCUT2D eigenvalue weighted by molar-refractivity contribution is 6.31. The van der Waals surface area contributed by atoms with E-state index in [4.69, 9.17) is 11.6 Å². The van der Waals surface area contributed by atoms with Crippen molar-refractivity contribution in [3.05, 3.63) is 89.2 Å². The third-order valence-corrected chi connectivity index (χ3v) is 4.60. The van der Waals surface area contributed by atoms with Crippen molar-refractivity contribution in [3.8, 4) is 0 Å². The Morgan fingerprint density at radius 1 is 0.800 bits per heavy atom. The van der Waals surface area contributed by atoms with Crippen LogP contribution < -0.4 is 16.0 Å². The first kappa shape index (κ1) is 21.3. The summed E-state index contributed by atoms with van der Waals surface area (Å²) in [5.41, 5.74) is 2.92. The Morgan fingerprint density at radius 3 is 2.03 bits per heavy atom. The quantitative estimate of drug-likeness (QED) is 0.470. The van der Waals surface area contributed by atoms with Crippen LogP contribution >= 0.6 is 11.6 Å². The molecule has 154 valence electrons. The van der Waals surface area contributed by atoms with Gasteiger partial charge in [-0.3, -0.25) is 9.59 Å². The van der Waals surface area contributed by atoms with E-state index in [1.54, 1.807) is 24.3 Å². The molecular formula is C23H21ClFN3O2. The van der Waals surface area contributed by atoms with Gasteiger partial charge in [-0.2, -0.15) is 0 Å². The molecule has 5 nitrogen and oxygen atoms in total.